The largest absolute Gasteiger partial charge is 0.475 e. The molecule has 0 aromatic rings. The van der Waals surface area contributed by atoms with E-state index in [-0.39, 0.29) is 16.9 Å². The van der Waals surface area contributed by atoms with Gasteiger partial charge in [-0.25, -0.2) is 4.79 Å². The van der Waals surface area contributed by atoms with Crippen LogP contribution in [0.1, 0.15) is 41.5 Å². The molecule has 0 amide bonds. The minimum absolute atomic E-state index is 0.356. The Kier molecular flexibility index (Phi) is 3.32. The number of hydrogen-bond donors (Lipinski definition) is 2. The Labute approximate surface area is 85.4 Å². The van der Waals surface area contributed by atoms with Crippen LogP contribution in [0, 0.1) is 5.41 Å². The lowest BCUT2D eigenvalue weighted by Crippen LogP contribution is -2.57. The van der Waals surface area contributed by atoms with Crippen LogP contribution in [0.2, 0.25) is 0 Å². The normalized spacial score (nSPS) is 12.4. The molecule has 0 fully saturated rings. The van der Waals surface area contributed by atoms with Crippen LogP contribution in [0.5, 0.6) is 0 Å². The molecule has 4 nitrogen and oxygen atoms in total. The maximum Gasteiger partial charge on any atom is 0.371 e. The zero-order valence-electron chi connectivity index (χ0n) is 9.80. The van der Waals surface area contributed by atoms with Gasteiger partial charge in [0.15, 0.2) is 0 Å². The third-order valence-electron chi connectivity index (χ3n) is 1.77. The molecule has 0 rings (SSSR count). The van der Waals surface area contributed by atoms with E-state index in [1.807, 2.05) is 41.5 Å². The van der Waals surface area contributed by atoms with Gasteiger partial charge >= 0.3 is 5.97 Å². The molecule has 14 heavy (non-hydrogen) atoms. The van der Waals surface area contributed by atoms with Crippen LogP contribution < -0.4 is 0 Å². The van der Waals surface area contributed by atoms with Gasteiger partial charge in [-0.05, 0) is 41.5 Å². The molecule has 0 aliphatic carbocycles. The van der Waals surface area contributed by atoms with Gasteiger partial charge in [0.05, 0.1) is 0 Å². The van der Waals surface area contributed by atoms with Gasteiger partial charge in [0, 0.05) is 11.1 Å². The van der Waals surface area contributed by atoms with Crippen LogP contribution in [0.25, 0.3) is 0 Å². The van der Waals surface area contributed by atoms with Crippen molar-refractivity contribution >= 4 is 11.8 Å². The highest BCUT2D eigenvalue weighted by atomic mass is 16.4. The first-order valence-corrected chi connectivity index (χ1v) is 4.60. The lowest BCUT2D eigenvalue weighted by molar-refractivity contribution is -0.131. The summed E-state index contributed by atoms with van der Waals surface area (Å²) in [5.74, 6) is -1.54. The molecule has 0 aromatic heterocycles. The predicted octanol–water partition coefficient (Wildman–Crippen LogP) is 1.95. The van der Waals surface area contributed by atoms with Crippen molar-refractivity contribution in [2.75, 3.05) is 0 Å². The van der Waals surface area contributed by atoms with Gasteiger partial charge in [-0.3, -0.25) is 5.41 Å². The number of amidine groups is 1. The van der Waals surface area contributed by atoms with Crippen molar-refractivity contribution in [1.82, 2.24) is 4.90 Å². The Hall–Kier alpha value is -1.06. The number of nitrogens with zero attached hydrogens (tertiary/aromatic N) is 1. The molecule has 0 aliphatic heterocycles. The van der Waals surface area contributed by atoms with Gasteiger partial charge in [0.25, 0.3) is 0 Å². The van der Waals surface area contributed by atoms with Crippen molar-refractivity contribution in [1.29, 1.82) is 5.41 Å². The lowest BCUT2D eigenvalue weighted by atomic mass is 9.95. The summed E-state index contributed by atoms with van der Waals surface area (Å²) in [7, 11) is 0. The molecular weight excluding hydrogens is 180 g/mol. The zero-order chi connectivity index (χ0) is 11.7. The number of rotatable bonds is 0. The Morgan fingerprint density at radius 1 is 1.07 bits per heavy atom. The lowest BCUT2D eigenvalue weighted by Gasteiger charge is -2.45. The number of aliphatic carboxylic acids is 1. The van der Waals surface area contributed by atoms with E-state index in [1.165, 1.54) is 0 Å². The van der Waals surface area contributed by atoms with E-state index < -0.39 is 5.97 Å². The van der Waals surface area contributed by atoms with Crippen molar-refractivity contribution in [2.45, 2.75) is 52.6 Å². The van der Waals surface area contributed by atoms with Crippen LogP contribution in [0.15, 0.2) is 0 Å². The predicted molar refractivity (Wildman–Crippen MR) is 56.7 cm³/mol. The molecule has 0 unspecified atom stereocenters. The van der Waals surface area contributed by atoms with Crippen LogP contribution in [-0.4, -0.2) is 32.9 Å². The van der Waals surface area contributed by atoms with Crippen LogP contribution in [0.3, 0.4) is 0 Å². The number of nitrogens with one attached hydrogen (secondary N) is 1. The summed E-state index contributed by atoms with van der Waals surface area (Å²) in [4.78, 5) is 12.4. The van der Waals surface area contributed by atoms with Crippen molar-refractivity contribution in [3.63, 3.8) is 0 Å². The van der Waals surface area contributed by atoms with Crippen molar-refractivity contribution < 1.29 is 9.90 Å². The van der Waals surface area contributed by atoms with E-state index in [9.17, 15) is 4.79 Å². The van der Waals surface area contributed by atoms with Crippen molar-refractivity contribution in [3.8, 4) is 0 Å². The Morgan fingerprint density at radius 3 is 1.43 bits per heavy atom. The van der Waals surface area contributed by atoms with E-state index in [1.54, 1.807) is 4.90 Å². The molecule has 0 bridgehead atoms. The third-order valence-corrected chi connectivity index (χ3v) is 1.77. The van der Waals surface area contributed by atoms with Crippen molar-refractivity contribution in [3.05, 3.63) is 0 Å². The van der Waals surface area contributed by atoms with Crippen molar-refractivity contribution in [2.24, 2.45) is 0 Å². The molecule has 4 heteroatoms. The molecule has 2 N–H and O–H groups in total. The van der Waals surface area contributed by atoms with E-state index in [0.717, 1.165) is 0 Å². The first-order valence-electron chi connectivity index (χ1n) is 4.60. The summed E-state index contributed by atoms with van der Waals surface area (Å²) in [6.07, 6.45) is 0. The first-order chi connectivity index (χ1) is 5.98. The van der Waals surface area contributed by atoms with Gasteiger partial charge in [-0.15, -0.1) is 0 Å². The van der Waals surface area contributed by atoms with Gasteiger partial charge in [-0.1, -0.05) is 0 Å². The fraction of sp³-hybridized carbons (Fsp3) is 0.800. The third kappa shape index (κ3) is 3.01. The van der Waals surface area contributed by atoms with E-state index >= 15 is 0 Å². The summed E-state index contributed by atoms with van der Waals surface area (Å²) in [6.45, 7) is 11.4. The highest BCUT2D eigenvalue weighted by Crippen LogP contribution is 2.24. The molecule has 0 spiro atoms. The fourth-order valence-electron chi connectivity index (χ4n) is 1.77. The van der Waals surface area contributed by atoms with E-state index in [2.05, 4.69) is 0 Å². The maximum absolute atomic E-state index is 10.8. The monoisotopic (exact) mass is 200 g/mol. The molecule has 0 atom stereocenters. The summed E-state index contributed by atoms with van der Waals surface area (Å²) < 4.78 is 0. The second-order valence-electron chi connectivity index (χ2n) is 5.33. The number of hydrogen-bond acceptors (Lipinski definition) is 2. The second kappa shape index (κ2) is 3.59. The molecule has 82 valence electrons. The Balaban J connectivity index is 5.15. The number of carboxylic acids is 1. The smallest absolute Gasteiger partial charge is 0.371 e. The second-order valence-corrected chi connectivity index (χ2v) is 5.33. The molecule has 0 heterocycles. The van der Waals surface area contributed by atoms with Crippen LogP contribution in [0.4, 0.5) is 0 Å². The molecule has 0 saturated heterocycles. The first kappa shape index (κ1) is 12.9. The molecular formula is C10H20N2O2. The van der Waals surface area contributed by atoms with Gasteiger partial charge in [0.1, 0.15) is 0 Å². The minimum atomic E-state index is -1.19. The highest BCUT2D eigenvalue weighted by Gasteiger charge is 2.36. The van der Waals surface area contributed by atoms with Gasteiger partial charge < -0.3 is 10.0 Å². The van der Waals surface area contributed by atoms with Gasteiger partial charge in [0.2, 0.25) is 5.84 Å². The maximum atomic E-state index is 10.8. The quantitative estimate of drug-likeness (QED) is 0.464. The molecule has 0 aromatic carbocycles. The summed E-state index contributed by atoms with van der Waals surface area (Å²) in [5.41, 5.74) is -0.735. The Morgan fingerprint density at radius 2 is 1.36 bits per heavy atom. The molecule has 0 aliphatic rings. The average Bonchev–Trinajstić information content (AvgIpc) is 1.79. The molecule has 0 saturated carbocycles. The minimum Gasteiger partial charge on any atom is -0.475 e. The SMILES string of the molecule is CC(C)(C)N(C(=N)C(=O)O)C(C)(C)C. The summed E-state index contributed by atoms with van der Waals surface area (Å²) >= 11 is 0. The summed E-state index contributed by atoms with van der Waals surface area (Å²) in [6, 6.07) is 0. The van der Waals surface area contributed by atoms with Gasteiger partial charge in [-0.2, -0.15) is 0 Å². The topological polar surface area (TPSA) is 64.4 Å². The van der Waals surface area contributed by atoms with Crippen LogP contribution >= 0.6 is 0 Å². The number of carboxylic acid groups (broad SMARTS) is 1. The Bertz CT molecular complexity index is 232. The van der Waals surface area contributed by atoms with E-state index in [0.29, 0.717) is 0 Å². The fourth-order valence-corrected chi connectivity index (χ4v) is 1.77. The number of carbonyl (C=O) groups is 1. The average molecular weight is 200 g/mol. The summed E-state index contributed by atoms with van der Waals surface area (Å²) in [5, 5.41) is 16.4. The standard InChI is InChI=1S/C10H20N2O2/c1-9(2,3)12(10(4,5)6)7(11)8(13)14/h11H,1-6H3,(H,13,14). The highest BCUT2D eigenvalue weighted by molar-refractivity contribution is 6.33. The van der Waals surface area contributed by atoms with E-state index in [4.69, 9.17) is 10.5 Å². The van der Waals surface area contributed by atoms with Crippen LogP contribution in [-0.2, 0) is 4.79 Å². The molecule has 0 radical (unpaired) electrons. The zero-order valence-corrected chi connectivity index (χ0v) is 9.80.